The van der Waals surface area contributed by atoms with Crippen LogP contribution in [0.4, 0.5) is 5.69 Å². The van der Waals surface area contributed by atoms with Gasteiger partial charge in [0.05, 0.1) is 18.7 Å². The Labute approximate surface area is 118 Å². The molecule has 110 valence electrons. The quantitative estimate of drug-likeness (QED) is 0.551. The molecule has 2 amide bonds. The van der Waals surface area contributed by atoms with Gasteiger partial charge in [-0.05, 0) is 12.1 Å². The van der Waals surface area contributed by atoms with Crippen molar-refractivity contribution in [2.24, 2.45) is 0 Å². The highest BCUT2D eigenvalue weighted by atomic mass is 16.4. The van der Waals surface area contributed by atoms with Crippen LogP contribution in [0.25, 0.3) is 0 Å². The number of carboxylic acids is 1. The molecule has 0 fully saturated rings. The maximum atomic E-state index is 11.9. The van der Waals surface area contributed by atoms with E-state index in [1.54, 1.807) is 0 Å². The number of phenolic OH excluding ortho intramolecular Hbond substituents is 1. The molecule has 1 aromatic carbocycles. The molecule has 8 heteroatoms. The molecule has 1 aliphatic rings. The minimum atomic E-state index is -1.24. The van der Waals surface area contributed by atoms with E-state index in [9.17, 15) is 19.5 Å². The number of nitrogens with one attached hydrogen (secondary N) is 1. The van der Waals surface area contributed by atoms with Gasteiger partial charge in [-0.1, -0.05) is 0 Å². The van der Waals surface area contributed by atoms with Gasteiger partial charge < -0.3 is 20.6 Å². The second-order valence-electron chi connectivity index (χ2n) is 4.28. The van der Waals surface area contributed by atoms with Crippen molar-refractivity contribution in [3.63, 3.8) is 0 Å². The molecule has 1 heterocycles. The monoisotopic (exact) mass is 292 g/mol. The van der Waals surface area contributed by atoms with Crippen molar-refractivity contribution >= 4 is 23.5 Å². The largest absolute Gasteiger partial charge is 0.508 e. The van der Waals surface area contributed by atoms with Gasteiger partial charge in [-0.3, -0.25) is 14.5 Å². The molecule has 0 atom stereocenters. The number of anilines is 1. The van der Waals surface area contributed by atoms with E-state index in [1.807, 2.05) is 0 Å². The minimum Gasteiger partial charge on any atom is -0.508 e. The van der Waals surface area contributed by atoms with Gasteiger partial charge in [0, 0.05) is 17.8 Å². The normalized spacial score (nSPS) is 14.3. The van der Waals surface area contributed by atoms with Gasteiger partial charge in [0.15, 0.2) is 0 Å². The van der Waals surface area contributed by atoms with Crippen LogP contribution in [0.1, 0.15) is 10.4 Å². The second-order valence-corrected chi connectivity index (χ2v) is 4.28. The number of β-amino-alcohol motifs (C(OH)–C–C–N with tert-alkyl or cyclic N) is 1. The predicted molar refractivity (Wildman–Crippen MR) is 70.6 cm³/mol. The average molecular weight is 292 g/mol. The summed E-state index contributed by atoms with van der Waals surface area (Å²) in [6.45, 7) is -0.479. The van der Waals surface area contributed by atoms with Crippen molar-refractivity contribution in [2.75, 3.05) is 18.5 Å². The van der Waals surface area contributed by atoms with Gasteiger partial charge in [-0.2, -0.15) is 0 Å². The number of phenols is 1. The van der Waals surface area contributed by atoms with E-state index in [2.05, 4.69) is 5.32 Å². The zero-order chi connectivity index (χ0) is 15.6. The lowest BCUT2D eigenvalue weighted by Gasteiger charge is -2.13. The molecule has 0 aromatic heterocycles. The van der Waals surface area contributed by atoms with E-state index in [0.717, 1.165) is 17.0 Å². The predicted octanol–water partition coefficient (Wildman–Crippen LogP) is -0.253. The summed E-state index contributed by atoms with van der Waals surface area (Å²) < 4.78 is 0. The van der Waals surface area contributed by atoms with E-state index < -0.39 is 17.8 Å². The van der Waals surface area contributed by atoms with Crippen molar-refractivity contribution in [2.45, 2.75) is 0 Å². The highest BCUT2D eigenvalue weighted by Gasteiger charge is 2.30. The zero-order valence-electron chi connectivity index (χ0n) is 10.7. The van der Waals surface area contributed by atoms with Crippen LogP contribution >= 0.6 is 0 Å². The topological polar surface area (TPSA) is 127 Å². The van der Waals surface area contributed by atoms with E-state index in [0.29, 0.717) is 0 Å². The molecule has 4 N–H and O–H groups in total. The molecule has 0 saturated carbocycles. The number of rotatable bonds is 5. The third-order valence-electron chi connectivity index (χ3n) is 2.78. The maximum absolute atomic E-state index is 11.9. The molecule has 0 saturated heterocycles. The Morgan fingerprint density at radius 1 is 1.24 bits per heavy atom. The number of nitrogens with zero attached hydrogens (tertiary/aromatic N) is 1. The number of amides is 2. The number of aliphatic hydroxyl groups is 1. The number of carbonyl (C=O) groups excluding carboxylic acids is 2. The zero-order valence-corrected chi connectivity index (χ0v) is 10.7. The van der Waals surface area contributed by atoms with Crippen LogP contribution in [-0.2, 0) is 9.59 Å². The Kier molecular flexibility index (Phi) is 3.90. The molecular weight excluding hydrogens is 280 g/mol. The van der Waals surface area contributed by atoms with Crippen molar-refractivity contribution in [1.82, 2.24) is 4.90 Å². The summed E-state index contributed by atoms with van der Waals surface area (Å²) in [5, 5.41) is 29.7. The number of aromatic hydroxyl groups is 1. The van der Waals surface area contributed by atoms with Gasteiger partial charge in [0.2, 0.25) is 0 Å². The van der Waals surface area contributed by atoms with Gasteiger partial charge >= 0.3 is 5.97 Å². The van der Waals surface area contributed by atoms with Gasteiger partial charge in [0.1, 0.15) is 11.4 Å². The molecule has 0 radical (unpaired) electrons. The van der Waals surface area contributed by atoms with Crippen molar-refractivity contribution < 1.29 is 29.7 Å². The standard InChI is InChI=1S/C13H12N2O6/c16-2-1-15-11(18)6-10(12(15)19)14-8-3-7(13(20)21)4-9(17)5-8/h3-6,14,16-17H,1-2H2,(H,20,21). The van der Waals surface area contributed by atoms with Gasteiger partial charge in [-0.15, -0.1) is 0 Å². The molecule has 1 aromatic rings. The number of carbonyl (C=O) groups is 3. The number of hydrogen-bond donors (Lipinski definition) is 4. The Balaban J connectivity index is 2.23. The summed E-state index contributed by atoms with van der Waals surface area (Å²) in [5.74, 6) is -2.73. The SMILES string of the molecule is O=C(O)c1cc(O)cc(NC2=CC(=O)N(CCO)C2=O)c1. The Bertz CT molecular complexity index is 652. The maximum Gasteiger partial charge on any atom is 0.335 e. The first-order valence-electron chi connectivity index (χ1n) is 5.95. The summed E-state index contributed by atoms with van der Waals surface area (Å²) in [6.07, 6.45) is 1.04. The molecule has 2 rings (SSSR count). The lowest BCUT2D eigenvalue weighted by molar-refractivity contribution is -0.137. The molecule has 0 aliphatic carbocycles. The number of imide groups is 1. The minimum absolute atomic E-state index is 0.0598. The van der Waals surface area contributed by atoms with Crippen molar-refractivity contribution in [3.8, 4) is 5.75 Å². The van der Waals surface area contributed by atoms with E-state index in [-0.39, 0.29) is 35.8 Å². The third kappa shape index (κ3) is 3.00. The molecule has 0 bridgehead atoms. The molecule has 0 unspecified atom stereocenters. The molecule has 8 nitrogen and oxygen atoms in total. The smallest absolute Gasteiger partial charge is 0.335 e. The summed E-state index contributed by atoms with van der Waals surface area (Å²) in [5.41, 5.74) is -0.0666. The van der Waals surface area contributed by atoms with Crippen molar-refractivity contribution in [1.29, 1.82) is 0 Å². The van der Waals surface area contributed by atoms with E-state index >= 15 is 0 Å². The third-order valence-corrected chi connectivity index (χ3v) is 2.78. The van der Waals surface area contributed by atoms with Crippen LogP contribution in [0.3, 0.4) is 0 Å². The number of aliphatic hydroxyl groups excluding tert-OH is 1. The average Bonchev–Trinajstić information content (AvgIpc) is 2.66. The highest BCUT2D eigenvalue weighted by molar-refractivity contribution is 6.17. The number of hydrogen-bond acceptors (Lipinski definition) is 6. The second kappa shape index (κ2) is 5.63. The van der Waals surface area contributed by atoms with Crippen LogP contribution in [0.5, 0.6) is 5.75 Å². The summed E-state index contributed by atoms with van der Waals surface area (Å²) in [4.78, 5) is 35.2. The van der Waals surface area contributed by atoms with Crippen molar-refractivity contribution in [3.05, 3.63) is 35.5 Å². The first-order valence-corrected chi connectivity index (χ1v) is 5.95. The van der Waals surface area contributed by atoms with E-state index in [1.165, 1.54) is 12.1 Å². The fourth-order valence-corrected chi connectivity index (χ4v) is 1.87. The molecular formula is C13H12N2O6. The number of benzene rings is 1. The highest BCUT2D eigenvalue weighted by Crippen LogP contribution is 2.23. The molecule has 0 spiro atoms. The Morgan fingerprint density at radius 3 is 2.57 bits per heavy atom. The molecule has 1 aliphatic heterocycles. The molecule has 21 heavy (non-hydrogen) atoms. The lowest BCUT2D eigenvalue weighted by atomic mass is 10.2. The summed E-state index contributed by atoms with van der Waals surface area (Å²) in [6, 6.07) is 3.50. The summed E-state index contributed by atoms with van der Waals surface area (Å²) in [7, 11) is 0. The lowest BCUT2D eigenvalue weighted by Crippen LogP contribution is -2.34. The van der Waals surface area contributed by atoms with Gasteiger partial charge in [0.25, 0.3) is 11.8 Å². The van der Waals surface area contributed by atoms with Gasteiger partial charge in [-0.25, -0.2) is 4.79 Å². The first kappa shape index (κ1) is 14.5. The Morgan fingerprint density at radius 2 is 1.95 bits per heavy atom. The first-order chi connectivity index (χ1) is 9.92. The van der Waals surface area contributed by atoms with Crippen LogP contribution < -0.4 is 5.32 Å². The Hall–Kier alpha value is -2.87. The fraction of sp³-hybridized carbons (Fsp3) is 0.154. The van der Waals surface area contributed by atoms with Crippen LogP contribution in [-0.4, -0.2) is 51.2 Å². The summed E-state index contributed by atoms with van der Waals surface area (Å²) >= 11 is 0. The van der Waals surface area contributed by atoms with Crippen LogP contribution in [0.2, 0.25) is 0 Å². The van der Waals surface area contributed by atoms with Crippen LogP contribution in [0, 0.1) is 0 Å². The fourth-order valence-electron chi connectivity index (χ4n) is 1.87. The number of aromatic carboxylic acids is 1. The number of carboxylic acid groups (broad SMARTS) is 1. The van der Waals surface area contributed by atoms with E-state index in [4.69, 9.17) is 10.2 Å². The van der Waals surface area contributed by atoms with Crippen LogP contribution in [0.15, 0.2) is 30.0 Å².